The lowest BCUT2D eigenvalue weighted by molar-refractivity contribution is 0.158. The number of ether oxygens (including phenoxy) is 1. The molecule has 0 bridgehead atoms. The molecule has 74 valence electrons. The number of aromatic nitrogens is 3. The van der Waals surface area contributed by atoms with Crippen LogP contribution in [0.3, 0.4) is 0 Å². The van der Waals surface area contributed by atoms with E-state index < -0.39 is 0 Å². The molecule has 5 heteroatoms. The van der Waals surface area contributed by atoms with Gasteiger partial charge in [-0.3, -0.25) is 0 Å². The molecule has 0 aliphatic rings. The normalized spacial score (nSPS) is 11.7. The van der Waals surface area contributed by atoms with Gasteiger partial charge < -0.3 is 10.1 Å². The Morgan fingerprint density at radius 2 is 2.31 bits per heavy atom. The molecule has 5 nitrogen and oxygen atoms in total. The third kappa shape index (κ3) is 2.69. The summed E-state index contributed by atoms with van der Waals surface area (Å²) in [4.78, 5) is 0. The monoisotopic (exact) mass is 184 g/mol. The number of rotatable bonds is 4. The van der Waals surface area contributed by atoms with Crippen molar-refractivity contribution in [3.05, 3.63) is 6.20 Å². The van der Waals surface area contributed by atoms with Crippen LogP contribution in [0.4, 0.5) is 5.82 Å². The summed E-state index contributed by atoms with van der Waals surface area (Å²) < 4.78 is 6.77. The van der Waals surface area contributed by atoms with Crippen LogP contribution in [0.15, 0.2) is 6.20 Å². The second-order valence-corrected chi connectivity index (χ2v) is 3.68. The molecule has 1 heterocycles. The number of methoxy groups -OCH3 is 1. The number of hydrogen-bond acceptors (Lipinski definition) is 4. The summed E-state index contributed by atoms with van der Waals surface area (Å²) in [6, 6.07) is 0. The van der Waals surface area contributed by atoms with E-state index in [9.17, 15) is 0 Å². The highest BCUT2D eigenvalue weighted by atomic mass is 16.5. The number of nitrogens with zero attached hydrogens (tertiary/aromatic N) is 3. The van der Waals surface area contributed by atoms with Gasteiger partial charge in [-0.05, 0) is 13.8 Å². The van der Waals surface area contributed by atoms with E-state index in [-0.39, 0.29) is 5.54 Å². The van der Waals surface area contributed by atoms with E-state index >= 15 is 0 Å². The zero-order chi connectivity index (χ0) is 9.90. The Kier molecular flexibility index (Phi) is 2.87. The Hall–Kier alpha value is -1.10. The maximum Gasteiger partial charge on any atom is 0.144 e. The highest BCUT2D eigenvalue weighted by Crippen LogP contribution is 2.12. The molecule has 0 radical (unpaired) electrons. The van der Waals surface area contributed by atoms with Crippen LogP contribution >= 0.6 is 0 Å². The molecule has 0 spiro atoms. The Balaban J connectivity index is 2.63. The van der Waals surface area contributed by atoms with Crippen molar-refractivity contribution in [3.63, 3.8) is 0 Å². The Morgan fingerprint density at radius 1 is 1.62 bits per heavy atom. The minimum absolute atomic E-state index is 0.107. The first-order valence-corrected chi connectivity index (χ1v) is 4.17. The number of nitrogens with one attached hydrogen (secondary N) is 1. The maximum absolute atomic E-state index is 5.08. The molecular weight excluding hydrogens is 168 g/mol. The molecule has 0 atom stereocenters. The maximum atomic E-state index is 5.08. The van der Waals surface area contributed by atoms with Crippen molar-refractivity contribution in [2.45, 2.75) is 19.4 Å². The van der Waals surface area contributed by atoms with Gasteiger partial charge in [-0.25, -0.2) is 4.68 Å². The zero-order valence-electron chi connectivity index (χ0n) is 8.53. The molecule has 0 unspecified atom stereocenters. The summed E-state index contributed by atoms with van der Waals surface area (Å²) in [5, 5.41) is 10.9. The summed E-state index contributed by atoms with van der Waals surface area (Å²) in [6.45, 7) is 4.76. The van der Waals surface area contributed by atoms with Crippen LogP contribution in [0, 0.1) is 0 Å². The van der Waals surface area contributed by atoms with Gasteiger partial charge in [0.25, 0.3) is 0 Å². The van der Waals surface area contributed by atoms with Gasteiger partial charge in [0.15, 0.2) is 0 Å². The summed E-state index contributed by atoms with van der Waals surface area (Å²) in [7, 11) is 3.53. The van der Waals surface area contributed by atoms with Gasteiger partial charge in [0, 0.05) is 14.2 Å². The highest BCUT2D eigenvalue weighted by Gasteiger charge is 2.18. The van der Waals surface area contributed by atoms with Gasteiger partial charge in [0.05, 0.1) is 18.3 Å². The van der Waals surface area contributed by atoms with E-state index in [0.717, 1.165) is 5.82 Å². The lowest BCUT2D eigenvalue weighted by Gasteiger charge is -2.25. The molecule has 0 saturated carbocycles. The van der Waals surface area contributed by atoms with Crippen LogP contribution in [-0.2, 0) is 11.8 Å². The van der Waals surface area contributed by atoms with Crippen LogP contribution in [0.25, 0.3) is 0 Å². The van der Waals surface area contributed by atoms with Gasteiger partial charge in [-0.2, -0.15) is 0 Å². The molecule has 1 rings (SSSR count). The van der Waals surface area contributed by atoms with Crippen LogP contribution in [-0.4, -0.2) is 34.2 Å². The van der Waals surface area contributed by atoms with E-state index in [1.54, 1.807) is 18.0 Å². The predicted octanol–water partition coefficient (Wildman–Crippen LogP) is 0.652. The smallest absolute Gasteiger partial charge is 0.144 e. The van der Waals surface area contributed by atoms with E-state index in [1.165, 1.54) is 0 Å². The first-order chi connectivity index (χ1) is 6.05. The molecule has 0 aromatic carbocycles. The van der Waals surface area contributed by atoms with Gasteiger partial charge in [-0.1, -0.05) is 5.21 Å². The average Bonchev–Trinajstić information content (AvgIpc) is 2.35. The average molecular weight is 184 g/mol. The SMILES string of the molecule is COCC(C)(C)Nc1cnnn1C. The third-order valence-electron chi connectivity index (χ3n) is 1.69. The fraction of sp³-hybridized carbons (Fsp3) is 0.750. The summed E-state index contributed by atoms with van der Waals surface area (Å²) in [6.07, 6.45) is 1.69. The van der Waals surface area contributed by atoms with Crippen molar-refractivity contribution >= 4 is 5.82 Å². The fourth-order valence-corrected chi connectivity index (χ4v) is 1.15. The first kappa shape index (κ1) is 9.98. The van der Waals surface area contributed by atoms with Gasteiger partial charge in [-0.15, -0.1) is 5.10 Å². The van der Waals surface area contributed by atoms with E-state index in [0.29, 0.717) is 6.61 Å². The Bertz CT molecular complexity index is 269. The second kappa shape index (κ2) is 3.74. The molecule has 0 saturated heterocycles. The minimum Gasteiger partial charge on any atom is -0.382 e. The lowest BCUT2D eigenvalue weighted by atomic mass is 10.1. The molecule has 0 aliphatic carbocycles. The zero-order valence-corrected chi connectivity index (χ0v) is 8.53. The quantitative estimate of drug-likeness (QED) is 0.746. The Labute approximate surface area is 78.1 Å². The van der Waals surface area contributed by atoms with Crippen molar-refractivity contribution in [3.8, 4) is 0 Å². The molecule has 0 amide bonds. The molecular formula is C8H16N4O. The summed E-state index contributed by atoms with van der Waals surface area (Å²) in [5.41, 5.74) is -0.107. The second-order valence-electron chi connectivity index (χ2n) is 3.68. The van der Waals surface area contributed by atoms with Gasteiger partial charge in [0.1, 0.15) is 5.82 Å². The lowest BCUT2D eigenvalue weighted by Crippen LogP contribution is -2.36. The molecule has 1 aromatic rings. The van der Waals surface area contributed by atoms with Crippen molar-refractivity contribution in [2.75, 3.05) is 19.0 Å². The van der Waals surface area contributed by atoms with Crippen LogP contribution in [0.1, 0.15) is 13.8 Å². The number of hydrogen-bond donors (Lipinski definition) is 1. The van der Waals surface area contributed by atoms with Crippen LogP contribution in [0.2, 0.25) is 0 Å². The van der Waals surface area contributed by atoms with Crippen LogP contribution in [0.5, 0.6) is 0 Å². The topological polar surface area (TPSA) is 52.0 Å². The van der Waals surface area contributed by atoms with Gasteiger partial charge >= 0.3 is 0 Å². The van der Waals surface area contributed by atoms with E-state index in [2.05, 4.69) is 29.5 Å². The van der Waals surface area contributed by atoms with Crippen molar-refractivity contribution < 1.29 is 4.74 Å². The largest absolute Gasteiger partial charge is 0.382 e. The van der Waals surface area contributed by atoms with Crippen LogP contribution < -0.4 is 5.32 Å². The minimum atomic E-state index is -0.107. The third-order valence-corrected chi connectivity index (χ3v) is 1.69. The molecule has 13 heavy (non-hydrogen) atoms. The predicted molar refractivity (Wildman–Crippen MR) is 50.6 cm³/mol. The van der Waals surface area contributed by atoms with Crippen molar-refractivity contribution in [1.82, 2.24) is 15.0 Å². The Morgan fingerprint density at radius 3 is 2.77 bits per heavy atom. The van der Waals surface area contributed by atoms with Gasteiger partial charge in [0.2, 0.25) is 0 Å². The fourth-order valence-electron chi connectivity index (χ4n) is 1.15. The molecule has 0 fully saturated rings. The number of aryl methyl sites for hydroxylation is 1. The number of anilines is 1. The molecule has 1 N–H and O–H groups in total. The summed E-state index contributed by atoms with van der Waals surface area (Å²) in [5.74, 6) is 0.891. The van der Waals surface area contributed by atoms with Crippen molar-refractivity contribution in [2.24, 2.45) is 7.05 Å². The summed E-state index contributed by atoms with van der Waals surface area (Å²) >= 11 is 0. The van der Waals surface area contributed by atoms with E-state index in [4.69, 9.17) is 4.74 Å². The first-order valence-electron chi connectivity index (χ1n) is 4.17. The molecule has 1 aromatic heterocycles. The highest BCUT2D eigenvalue weighted by molar-refractivity contribution is 5.34. The standard InChI is InChI=1S/C8H16N4O/c1-8(2,6-13-4)10-7-5-9-11-12(7)3/h5,10H,6H2,1-4H3. The van der Waals surface area contributed by atoms with E-state index in [1.807, 2.05) is 7.05 Å². The molecule has 0 aliphatic heterocycles. The van der Waals surface area contributed by atoms with Crippen molar-refractivity contribution in [1.29, 1.82) is 0 Å².